The van der Waals surface area contributed by atoms with E-state index in [0.717, 1.165) is 18.5 Å². The summed E-state index contributed by atoms with van der Waals surface area (Å²) in [5.41, 5.74) is 2.25. The van der Waals surface area contributed by atoms with Crippen molar-refractivity contribution in [3.8, 4) is 0 Å². The maximum absolute atomic E-state index is 4.15. The quantitative estimate of drug-likeness (QED) is 0.466. The zero-order valence-corrected chi connectivity index (χ0v) is 5.72. The summed E-state index contributed by atoms with van der Waals surface area (Å²) < 4.78 is 0. The largest absolute Gasteiger partial charge is 0.266 e. The first-order chi connectivity index (χ1) is 4.29. The molecular formula is C8H11N. The highest BCUT2D eigenvalue weighted by atomic mass is 14.7. The lowest BCUT2D eigenvalue weighted by atomic mass is 10.2. The lowest BCUT2D eigenvalue weighted by Crippen LogP contribution is -1.73. The van der Waals surface area contributed by atoms with Gasteiger partial charge in [0.25, 0.3) is 0 Å². The predicted molar refractivity (Wildman–Crippen MR) is 40.6 cm³/mol. The molecule has 48 valence electrons. The van der Waals surface area contributed by atoms with Crippen LogP contribution >= 0.6 is 0 Å². The lowest BCUT2D eigenvalue weighted by molar-refractivity contribution is 1.08. The molecule has 0 spiro atoms. The Balaban J connectivity index is 2.74. The molecular weight excluding hydrogens is 110 g/mol. The van der Waals surface area contributed by atoms with Gasteiger partial charge in [0.15, 0.2) is 0 Å². The Labute approximate surface area is 55.8 Å². The van der Waals surface area contributed by atoms with Gasteiger partial charge in [-0.3, -0.25) is 4.99 Å². The van der Waals surface area contributed by atoms with Crippen molar-refractivity contribution >= 4 is 6.21 Å². The highest BCUT2D eigenvalue weighted by molar-refractivity contribution is 5.60. The van der Waals surface area contributed by atoms with Gasteiger partial charge in [-0.05, 0) is 25.8 Å². The van der Waals surface area contributed by atoms with Crippen molar-refractivity contribution in [3.63, 3.8) is 0 Å². The highest BCUT2D eigenvalue weighted by Gasteiger charge is 1.93. The molecule has 0 saturated heterocycles. The molecule has 0 amide bonds. The van der Waals surface area contributed by atoms with Crippen molar-refractivity contribution in [1.29, 1.82) is 0 Å². The molecule has 1 heteroatoms. The number of allylic oxidation sites excluding steroid dienone is 3. The summed E-state index contributed by atoms with van der Waals surface area (Å²) in [4.78, 5) is 4.15. The van der Waals surface area contributed by atoms with Crippen LogP contribution in [0.1, 0.15) is 19.8 Å². The first kappa shape index (κ1) is 6.27. The van der Waals surface area contributed by atoms with E-state index in [2.05, 4.69) is 11.6 Å². The van der Waals surface area contributed by atoms with Gasteiger partial charge in [0.05, 0.1) is 0 Å². The van der Waals surface area contributed by atoms with Gasteiger partial charge in [0.2, 0.25) is 0 Å². The van der Waals surface area contributed by atoms with Gasteiger partial charge in [-0.25, -0.2) is 0 Å². The summed E-state index contributed by atoms with van der Waals surface area (Å²) in [5.74, 6) is 0. The second-order valence-electron chi connectivity index (χ2n) is 2.29. The molecule has 1 heterocycles. The number of aliphatic imine (C=N–C) groups is 1. The lowest BCUT2D eigenvalue weighted by Gasteiger charge is -1.90. The fourth-order valence-electron chi connectivity index (χ4n) is 0.863. The summed E-state index contributed by atoms with van der Waals surface area (Å²) in [6, 6.07) is 0. The average molecular weight is 121 g/mol. The molecule has 0 atom stereocenters. The minimum absolute atomic E-state index is 1.03. The van der Waals surface area contributed by atoms with Crippen molar-refractivity contribution in [2.24, 2.45) is 4.99 Å². The van der Waals surface area contributed by atoms with Crippen LogP contribution < -0.4 is 0 Å². The number of nitrogens with zero attached hydrogens (tertiary/aromatic N) is 1. The van der Waals surface area contributed by atoms with Gasteiger partial charge in [-0.1, -0.05) is 12.2 Å². The molecule has 1 rings (SSSR count). The molecule has 0 aliphatic carbocycles. The third-order valence-corrected chi connectivity index (χ3v) is 1.30. The van der Waals surface area contributed by atoms with E-state index >= 15 is 0 Å². The first-order valence-electron chi connectivity index (χ1n) is 3.17. The van der Waals surface area contributed by atoms with Gasteiger partial charge < -0.3 is 0 Å². The SMILES string of the molecule is C=C1C=C(C)N=CCC1. The van der Waals surface area contributed by atoms with Gasteiger partial charge in [0, 0.05) is 11.9 Å². The van der Waals surface area contributed by atoms with E-state index in [1.807, 2.05) is 19.2 Å². The Kier molecular flexibility index (Phi) is 1.83. The van der Waals surface area contributed by atoms with E-state index in [0.29, 0.717) is 0 Å². The summed E-state index contributed by atoms with van der Waals surface area (Å²) in [7, 11) is 0. The van der Waals surface area contributed by atoms with E-state index < -0.39 is 0 Å². The minimum Gasteiger partial charge on any atom is -0.266 e. The molecule has 1 aliphatic rings. The maximum atomic E-state index is 4.15. The van der Waals surface area contributed by atoms with E-state index in [1.165, 1.54) is 5.57 Å². The normalized spacial score (nSPS) is 19.2. The fourth-order valence-corrected chi connectivity index (χ4v) is 0.863. The van der Waals surface area contributed by atoms with Gasteiger partial charge >= 0.3 is 0 Å². The van der Waals surface area contributed by atoms with Crippen LogP contribution in [0.5, 0.6) is 0 Å². The topological polar surface area (TPSA) is 12.4 Å². The van der Waals surface area contributed by atoms with E-state index in [-0.39, 0.29) is 0 Å². The molecule has 1 nitrogen and oxygen atoms in total. The average Bonchev–Trinajstić information content (AvgIpc) is 1.93. The molecule has 9 heavy (non-hydrogen) atoms. The van der Waals surface area contributed by atoms with Crippen molar-refractivity contribution < 1.29 is 0 Å². The van der Waals surface area contributed by atoms with E-state index in [9.17, 15) is 0 Å². The van der Waals surface area contributed by atoms with Crippen molar-refractivity contribution in [3.05, 3.63) is 23.9 Å². The Morgan fingerprint density at radius 1 is 1.67 bits per heavy atom. The fraction of sp³-hybridized carbons (Fsp3) is 0.375. The molecule has 0 aromatic carbocycles. The summed E-state index contributed by atoms with van der Waals surface area (Å²) in [6.45, 7) is 5.86. The third kappa shape index (κ3) is 1.84. The number of hydrogen-bond acceptors (Lipinski definition) is 1. The molecule has 0 fully saturated rings. The van der Waals surface area contributed by atoms with Gasteiger partial charge in [0.1, 0.15) is 0 Å². The smallest absolute Gasteiger partial charge is 0.0371 e. The maximum Gasteiger partial charge on any atom is 0.0371 e. The zero-order chi connectivity index (χ0) is 6.69. The van der Waals surface area contributed by atoms with Crippen molar-refractivity contribution in [1.82, 2.24) is 0 Å². The van der Waals surface area contributed by atoms with Crippen LogP contribution in [-0.4, -0.2) is 6.21 Å². The third-order valence-electron chi connectivity index (χ3n) is 1.30. The van der Waals surface area contributed by atoms with Gasteiger partial charge in [-0.2, -0.15) is 0 Å². The Morgan fingerprint density at radius 3 is 3.22 bits per heavy atom. The molecule has 0 unspecified atom stereocenters. The van der Waals surface area contributed by atoms with Crippen LogP contribution in [0.3, 0.4) is 0 Å². The van der Waals surface area contributed by atoms with Crippen molar-refractivity contribution in [2.45, 2.75) is 19.8 Å². The Hall–Kier alpha value is -0.850. The summed E-state index contributed by atoms with van der Waals surface area (Å²) in [6.07, 6.45) is 6.07. The van der Waals surface area contributed by atoms with Crippen LogP contribution in [-0.2, 0) is 0 Å². The number of hydrogen-bond donors (Lipinski definition) is 0. The summed E-state index contributed by atoms with van der Waals surface area (Å²) in [5, 5.41) is 0. The Morgan fingerprint density at radius 2 is 2.44 bits per heavy atom. The van der Waals surface area contributed by atoms with Crippen LogP contribution in [0.25, 0.3) is 0 Å². The van der Waals surface area contributed by atoms with Crippen LogP contribution in [0.15, 0.2) is 28.9 Å². The van der Waals surface area contributed by atoms with Gasteiger partial charge in [-0.15, -0.1) is 0 Å². The second-order valence-corrected chi connectivity index (χ2v) is 2.29. The van der Waals surface area contributed by atoms with Crippen LogP contribution in [0.4, 0.5) is 0 Å². The zero-order valence-electron chi connectivity index (χ0n) is 5.72. The molecule has 0 saturated carbocycles. The van der Waals surface area contributed by atoms with Crippen LogP contribution in [0.2, 0.25) is 0 Å². The monoisotopic (exact) mass is 121 g/mol. The van der Waals surface area contributed by atoms with Crippen molar-refractivity contribution in [2.75, 3.05) is 0 Å². The predicted octanol–water partition coefficient (Wildman–Crippen LogP) is 2.31. The van der Waals surface area contributed by atoms with E-state index in [1.54, 1.807) is 0 Å². The standard InChI is InChI=1S/C8H11N/c1-7-4-3-5-9-8(2)6-7/h5-6H,1,3-4H2,2H3. The molecule has 0 aromatic rings. The molecule has 1 aliphatic heterocycles. The molecule has 0 radical (unpaired) electrons. The highest BCUT2D eigenvalue weighted by Crippen LogP contribution is 2.10. The molecule has 0 bridgehead atoms. The van der Waals surface area contributed by atoms with Crippen LogP contribution in [0, 0.1) is 0 Å². The minimum atomic E-state index is 1.03. The Bertz CT molecular complexity index is 175. The molecule has 0 N–H and O–H groups in total. The second kappa shape index (κ2) is 2.62. The van der Waals surface area contributed by atoms with E-state index in [4.69, 9.17) is 0 Å². The number of rotatable bonds is 0. The molecule has 0 aromatic heterocycles. The first-order valence-corrected chi connectivity index (χ1v) is 3.17. The summed E-state index contributed by atoms with van der Waals surface area (Å²) >= 11 is 0.